The summed E-state index contributed by atoms with van der Waals surface area (Å²) in [4.78, 5) is 14.5. The van der Waals surface area contributed by atoms with Crippen LogP contribution in [0.1, 0.15) is 16.1 Å². The second-order valence-electron chi connectivity index (χ2n) is 2.39. The number of nitrogens with zero attached hydrogens (tertiary/aromatic N) is 1. The van der Waals surface area contributed by atoms with Crippen LogP contribution in [0.15, 0.2) is 18.3 Å². The van der Waals surface area contributed by atoms with E-state index in [1.165, 1.54) is 0 Å². The van der Waals surface area contributed by atoms with Gasteiger partial charge in [0.1, 0.15) is 5.69 Å². The largest absolute Gasteiger partial charge is 0.309 e. The van der Waals surface area contributed by atoms with Crippen LogP contribution >= 0.6 is 0 Å². The number of aldehydes is 1. The van der Waals surface area contributed by atoms with Crippen molar-refractivity contribution in [3.05, 3.63) is 29.6 Å². The topological polar surface area (TPSA) is 42.0 Å². The first-order chi connectivity index (χ1) is 6.38. The summed E-state index contributed by atoms with van der Waals surface area (Å²) in [5.41, 5.74) is 1.07. The number of hydrogen-bond acceptors (Lipinski definition) is 3. The van der Waals surface area contributed by atoms with E-state index < -0.39 is 0 Å². The fourth-order valence-electron chi connectivity index (χ4n) is 0.834. The van der Waals surface area contributed by atoms with Crippen molar-refractivity contribution in [3.63, 3.8) is 0 Å². The van der Waals surface area contributed by atoms with Crippen LogP contribution in [0, 0.1) is 11.8 Å². The van der Waals surface area contributed by atoms with Gasteiger partial charge in [-0.05, 0) is 25.1 Å². The predicted octanol–water partition coefficient (Wildman–Crippen LogP) is 0.465. The molecule has 0 atom stereocenters. The molecule has 0 aliphatic heterocycles. The molecule has 0 fully saturated rings. The van der Waals surface area contributed by atoms with E-state index >= 15 is 0 Å². The number of pyridine rings is 1. The minimum atomic E-state index is 0.533. The van der Waals surface area contributed by atoms with Crippen LogP contribution in [-0.2, 0) is 0 Å². The van der Waals surface area contributed by atoms with E-state index in [2.05, 4.69) is 22.1 Å². The van der Waals surface area contributed by atoms with Gasteiger partial charge >= 0.3 is 0 Å². The van der Waals surface area contributed by atoms with E-state index in [0.717, 1.165) is 6.29 Å². The number of carbonyl (C=O) groups is 1. The molecule has 0 radical (unpaired) electrons. The molecule has 13 heavy (non-hydrogen) atoms. The van der Waals surface area contributed by atoms with Crippen molar-refractivity contribution in [2.45, 2.75) is 0 Å². The summed E-state index contributed by atoms with van der Waals surface area (Å²) in [5, 5.41) is 2.89. The standard InChI is InChI=1S/C10H10N2O/c1-11-6-3-5-10-9(8-13)4-2-7-12-10/h2,4,7-8,11H,6H2,1H3. The first-order valence-corrected chi connectivity index (χ1v) is 3.92. The van der Waals surface area contributed by atoms with Crippen molar-refractivity contribution < 1.29 is 4.79 Å². The Morgan fingerprint density at radius 3 is 3.23 bits per heavy atom. The Morgan fingerprint density at radius 2 is 2.54 bits per heavy atom. The number of hydrogen-bond donors (Lipinski definition) is 1. The normalized spacial score (nSPS) is 8.69. The third-order valence-corrected chi connectivity index (χ3v) is 1.44. The molecule has 1 rings (SSSR count). The molecule has 0 spiro atoms. The van der Waals surface area contributed by atoms with E-state index in [0.29, 0.717) is 17.8 Å². The molecule has 0 aromatic carbocycles. The zero-order valence-corrected chi connectivity index (χ0v) is 7.37. The van der Waals surface area contributed by atoms with Gasteiger partial charge in [0.2, 0.25) is 0 Å². The maximum Gasteiger partial charge on any atom is 0.152 e. The Kier molecular flexibility index (Phi) is 3.68. The van der Waals surface area contributed by atoms with Gasteiger partial charge in [0, 0.05) is 11.8 Å². The van der Waals surface area contributed by atoms with Crippen LogP contribution in [0.4, 0.5) is 0 Å². The molecule has 3 heteroatoms. The highest BCUT2D eigenvalue weighted by atomic mass is 16.1. The van der Waals surface area contributed by atoms with Gasteiger partial charge in [0.15, 0.2) is 6.29 Å². The first kappa shape index (κ1) is 9.43. The Morgan fingerprint density at radius 1 is 1.69 bits per heavy atom. The third-order valence-electron chi connectivity index (χ3n) is 1.44. The summed E-state index contributed by atoms with van der Waals surface area (Å²) in [7, 11) is 1.81. The minimum Gasteiger partial charge on any atom is -0.309 e. The molecular formula is C10H10N2O. The Labute approximate surface area is 77.2 Å². The molecular weight excluding hydrogens is 164 g/mol. The van der Waals surface area contributed by atoms with Gasteiger partial charge < -0.3 is 5.32 Å². The second kappa shape index (κ2) is 5.07. The maximum absolute atomic E-state index is 10.5. The molecule has 0 amide bonds. The monoisotopic (exact) mass is 174 g/mol. The molecule has 1 aromatic heterocycles. The average molecular weight is 174 g/mol. The molecule has 0 aliphatic rings. The summed E-state index contributed by atoms with van der Waals surface area (Å²) in [6.45, 7) is 0.592. The van der Waals surface area contributed by atoms with Crippen LogP contribution in [0.5, 0.6) is 0 Å². The summed E-state index contributed by atoms with van der Waals surface area (Å²) < 4.78 is 0. The number of aromatic nitrogens is 1. The molecule has 0 saturated heterocycles. The van der Waals surface area contributed by atoms with Gasteiger partial charge in [-0.1, -0.05) is 5.92 Å². The van der Waals surface area contributed by atoms with Crippen LogP contribution in [-0.4, -0.2) is 24.9 Å². The van der Waals surface area contributed by atoms with Gasteiger partial charge in [-0.3, -0.25) is 4.79 Å². The fraction of sp³-hybridized carbons (Fsp3) is 0.200. The molecule has 3 nitrogen and oxygen atoms in total. The highest BCUT2D eigenvalue weighted by Crippen LogP contribution is 1.99. The zero-order valence-electron chi connectivity index (χ0n) is 7.37. The quantitative estimate of drug-likeness (QED) is 0.523. The third kappa shape index (κ3) is 2.69. The van der Waals surface area contributed by atoms with E-state index in [-0.39, 0.29) is 0 Å². The molecule has 0 saturated carbocycles. The molecule has 1 N–H and O–H groups in total. The van der Waals surface area contributed by atoms with Crippen molar-refractivity contribution in [2.24, 2.45) is 0 Å². The van der Waals surface area contributed by atoms with Gasteiger partial charge in [-0.2, -0.15) is 0 Å². The van der Waals surface area contributed by atoms with E-state index in [9.17, 15) is 4.79 Å². The predicted molar refractivity (Wildman–Crippen MR) is 50.4 cm³/mol. The molecule has 1 aromatic rings. The van der Waals surface area contributed by atoms with Gasteiger partial charge in [-0.25, -0.2) is 4.98 Å². The van der Waals surface area contributed by atoms with Gasteiger partial charge in [-0.15, -0.1) is 0 Å². The number of carbonyl (C=O) groups excluding carboxylic acids is 1. The summed E-state index contributed by atoms with van der Waals surface area (Å²) in [6, 6.07) is 3.41. The lowest BCUT2D eigenvalue weighted by molar-refractivity contribution is 0.112. The smallest absolute Gasteiger partial charge is 0.152 e. The minimum absolute atomic E-state index is 0.533. The zero-order chi connectivity index (χ0) is 9.52. The van der Waals surface area contributed by atoms with Crippen molar-refractivity contribution in [3.8, 4) is 11.8 Å². The highest BCUT2D eigenvalue weighted by molar-refractivity contribution is 5.78. The Hall–Kier alpha value is -1.66. The molecule has 0 bridgehead atoms. The van der Waals surface area contributed by atoms with E-state index in [4.69, 9.17) is 0 Å². The Balaban J connectivity index is 2.88. The fourth-order valence-corrected chi connectivity index (χ4v) is 0.834. The van der Waals surface area contributed by atoms with Crippen LogP contribution < -0.4 is 5.32 Å². The summed E-state index contributed by atoms with van der Waals surface area (Å²) in [5.74, 6) is 5.65. The molecule has 0 aliphatic carbocycles. The lowest BCUT2D eigenvalue weighted by Crippen LogP contribution is -2.04. The SMILES string of the molecule is CNCC#Cc1ncccc1C=O. The first-order valence-electron chi connectivity index (χ1n) is 3.92. The summed E-state index contributed by atoms with van der Waals surface area (Å²) >= 11 is 0. The average Bonchev–Trinajstić information content (AvgIpc) is 2.19. The summed E-state index contributed by atoms with van der Waals surface area (Å²) in [6.07, 6.45) is 2.38. The molecule has 66 valence electrons. The van der Waals surface area contributed by atoms with Crippen molar-refractivity contribution in [1.82, 2.24) is 10.3 Å². The number of nitrogens with one attached hydrogen (secondary N) is 1. The van der Waals surface area contributed by atoms with Gasteiger partial charge in [0.25, 0.3) is 0 Å². The number of rotatable bonds is 2. The van der Waals surface area contributed by atoms with Crippen molar-refractivity contribution in [2.75, 3.05) is 13.6 Å². The lowest BCUT2D eigenvalue weighted by Gasteiger charge is -1.92. The van der Waals surface area contributed by atoms with Crippen LogP contribution in [0.3, 0.4) is 0 Å². The van der Waals surface area contributed by atoms with Crippen LogP contribution in [0.25, 0.3) is 0 Å². The molecule has 0 unspecified atom stereocenters. The van der Waals surface area contributed by atoms with Crippen molar-refractivity contribution in [1.29, 1.82) is 0 Å². The second-order valence-corrected chi connectivity index (χ2v) is 2.39. The van der Waals surface area contributed by atoms with Crippen molar-refractivity contribution >= 4 is 6.29 Å². The van der Waals surface area contributed by atoms with Gasteiger partial charge in [0.05, 0.1) is 6.54 Å². The Bertz CT molecular complexity index is 349. The highest BCUT2D eigenvalue weighted by Gasteiger charge is 1.96. The van der Waals surface area contributed by atoms with E-state index in [1.54, 1.807) is 18.3 Å². The van der Waals surface area contributed by atoms with E-state index in [1.807, 2.05) is 7.05 Å². The van der Waals surface area contributed by atoms with Crippen LogP contribution in [0.2, 0.25) is 0 Å². The molecule has 1 heterocycles. The lowest BCUT2D eigenvalue weighted by atomic mass is 10.2. The maximum atomic E-state index is 10.5.